The van der Waals surface area contributed by atoms with Crippen molar-refractivity contribution in [1.29, 1.82) is 0 Å². The van der Waals surface area contributed by atoms with Crippen LogP contribution in [0.25, 0.3) is 0 Å². The summed E-state index contributed by atoms with van der Waals surface area (Å²) in [6.07, 6.45) is 0.603. The third kappa shape index (κ3) is 4.56. The fourth-order valence-corrected chi connectivity index (χ4v) is 2.20. The summed E-state index contributed by atoms with van der Waals surface area (Å²) in [7, 11) is 3.74. The molecule has 7 nitrogen and oxygen atoms in total. The number of aryl methyl sites for hydroxylation is 1. The molecular weight excluding hydrogens is 268 g/mol. The lowest BCUT2D eigenvalue weighted by Crippen LogP contribution is -2.40. The number of carbonyl (C=O) groups excluding carboxylic acids is 1. The average Bonchev–Trinajstić information content (AvgIpc) is 2.81. The number of aliphatic carboxylic acids is 1. The first-order valence-corrected chi connectivity index (χ1v) is 6.70. The van der Waals surface area contributed by atoms with Gasteiger partial charge in [0.05, 0.1) is 5.69 Å². The third-order valence-electron chi connectivity index (χ3n) is 2.52. The highest BCUT2D eigenvalue weighted by Gasteiger charge is 2.23. The normalized spacial score (nSPS) is 10.7. The highest BCUT2D eigenvalue weighted by Crippen LogP contribution is 2.14. The summed E-state index contributed by atoms with van der Waals surface area (Å²) in [5, 5.41) is 12.8. The van der Waals surface area contributed by atoms with E-state index in [1.54, 1.807) is 0 Å². The van der Waals surface area contributed by atoms with Crippen LogP contribution in [0.4, 0.5) is 0 Å². The summed E-state index contributed by atoms with van der Waals surface area (Å²) in [5.41, 5.74) is 0.621. The zero-order chi connectivity index (χ0) is 14.4. The number of carbonyl (C=O) groups is 2. The molecule has 1 aromatic heterocycles. The quantitative estimate of drug-likeness (QED) is 0.770. The van der Waals surface area contributed by atoms with Crippen molar-refractivity contribution in [1.82, 2.24) is 19.4 Å². The maximum Gasteiger partial charge on any atom is 0.323 e. The predicted octanol–water partition coefficient (Wildman–Crippen LogP) is 0.189. The molecule has 0 aliphatic heterocycles. The Bertz CT molecular complexity index is 447. The van der Waals surface area contributed by atoms with Gasteiger partial charge in [-0.2, -0.15) is 0 Å². The molecule has 1 heterocycles. The number of hydrogen-bond acceptors (Lipinski definition) is 6. The average molecular weight is 286 g/mol. The first-order valence-electron chi connectivity index (χ1n) is 5.92. The Balaban J connectivity index is 2.84. The summed E-state index contributed by atoms with van der Waals surface area (Å²) < 4.78 is 3.76. The fourth-order valence-electron chi connectivity index (χ4n) is 1.48. The van der Waals surface area contributed by atoms with E-state index in [0.717, 1.165) is 11.5 Å². The van der Waals surface area contributed by atoms with Gasteiger partial charge in [0, 0.05) is 13.1 Å². The fraction of sp³-hybridized carbons (Fsp3) is 0.636. The van der Waals surface area contributed by atoms with Crippen molar-refractivity contribution < 1.29 is 14.7 Å². The molecule has 106 valence electrons. The van der Waals surface area contributed by atoms with Gasteiger partial charge in [-0.1, -0.05) is 11.4 Å². The van der Waals surface area contributed by atoms with Gasteiger partial charge >= 0.3 is 5.97 Å². The topological polar surface area (TPSA) is 86.6 Å². The highest BCUT2D eigenvalue weighted by atomic mass is 32.1. The third-order valence-corrected chi connectivity index (χ3v) is 3.27. The molecule has 0 saturated carbocycles. The monoisotopic (exact) mass is 286 g/mol. The minimum atomic E-state index is -1.03. The van der Waals surface area contributed by atoms with Crippen LogP contribution < -0.4 is 0 Å². The van der Waals surface area contributed by atoms with E-state index in [0.29, 0.717) is 30.1 Å². The van der Waals surface area contributed by atoms with Crippen LogP contribution in [0, 0.1) is 0 Å². The van der Waals surface area contributed by atoms with E-state index in [1.807, 2.05) is 25.9 Å². The number of nitrogens with zero attached hydrogens (tertiary/aromatic N) is 4. The van der Waals surface area contributed by atoms with Crippen molar-refractivity contribution in [2.24, 2.45) is 0 Å². The summed E-state index contributed by atoms with van der Waals surface area (Å²) in [6.45, 7) is 2.54. The molecule has 19 heavy (non-hydrogen) atoms. The molecule has 0 fully saturated rings. The molecule has 1 rings (SSSR count). The Kier molecular flexibility index (Phi) is 5.84. The van der Waals surface area contributed by atoms with Crippen LogP contribution in [0.5, 0.6) is 0 Å². The molecule has 0 unspecified atom stereocenters. The van der Waals surface area contributed by atoms with Gasteiger partial charge in [-0.05, 0) is 32.0 Å². The minimum Gasteiger partial charge on any atom is -0.480 e. The minimum absolute atomic E-state index is 0.309. The molecule has 0 aromatic carbocycles. The van der Waals surface area contributed by atoms with Crippen molar-refractivity contribution in [3.63, 3.8) is 0 Å². The Morgan fingerprint density at radius 2 is 2.00 bits per heavy atom. The summed E-state index contributed by atoms with van der Waals surface area (Å²) in [6, 6.07) is 0. The second-order valence-electron chi connectivity index (χ2n) is 4.33. The summed E-state index contributed by atoms with van der Waals surface area (Å²) in [4.78, 5) is 26.8. The van der Waals surface area contributed by atoms with Gasteiger partial charge in [0.25, 0.3) is 5.91 Å². The maximum absolute atomic E-state index is 12.3. The standard InChI is InChI=1S/C11H18N4O3S/c1-4-8-10(19-13-12-8)11(18)15(7-9(16)17)6-5-14(2)3/h4-7H2,1-3H3,(H,16,17). The van der Waals surface area contributed by atoms with Crippen molar-refractivity contribution in [3.8, 4) is 0 Å². The van der Waals surface area contributed by atoms with Gasteiger partial charge < -0.3 is 14.9 Å². The largest absolute Gasteiger partial charge is 0.480 e. The van der Waals surface area contributed by atoms with Gasteiger partial charge in [0.2, 0.25) is 0 Å². The molecule has 0 radical (unpaired) electrons. The van der Waals surface area contributed by atoms with Crippen LogP contribution in [-0.2, 0) is 11.2 Å². The summed E-state index contributed by atoms with van der Waals surface area (Å²) in [5.74, 6) is -1.33. The van der Waals surface area contributed by atoms with Crippen LogP contribution in [0.1, 0.15) is 22.3 Å². The summed E-state index contributed by atoms with van der Waals surface area (Å²) >= 11 is 1.01. The smallest absolute Gasteiger partial charge is 0.323 e. The number of carboxylic acids is 1. The van der Waals surface area contributed by atoms with Crippen molar-refractivity contribution in [2.75, 3.05) is 33.7 Å². The van der Waals surface area contributed by atoms with Crippen LogP contribution >= 0.6 is 11.5 Å². The zero-order valence-corrected chi connectivity index (χ0v) is 12.1. The molecule has 0 bridgehead atoms. The highest BCUT2D eigenvalue weighted by molar-refractivity contribution is 7.08. The lowest BCUT2D eigenvalue weighted by molar-refractivity contribution is -0.137. The molecule has 0 saturated heterocycles. The van der Waals surface area contributed by atoms with Gasteiger partial charge in [-0.3, -0.25) is 9.59 Å². The number of likely N-dealkylation sites (N-methyl/N-ethyl adjacent to an activating group) is 1. The van der Waals surface area contributed by atoms with Crippen LogP contribution in [0.15, 0.2) is 0 Å². The molecule has 0 aliphatic rings. The van der Waals surface area contributed by atoms with Crippen LogP contribution in [-0.4, -0.2) is 70.1 Å². The molecule has 0 aliphatic carbocycles. The Morgan fingerprint density at radius 3 is 2.53 bits per heavy atom. The van der Waals surface area contributed by atoms with E-state index >= 15 is 0 Å². The predicted molar refractivity (Wildman–Crippen MR) is 71.4 cm³/mol. The van der Waals surface area contributed by atoms with Gasteiger partial charge in [0.15, 0.2) is 0 Å². The Morgan fingerprint density at radius 1 is 1.32 bits per heavy atom. The molecular formula is C11H18N4O3S. The van der Waals surface area contributed by atoms with Crippen molar-refractivity contribution in [3.05, 3.63) is 10.6 Å². The van der Waals surface area contributed by atoms with E-state index in [2.05, 4.69) is 9.59 Å². The van der Waals surface area contributed by atoms with E-state index in [4.69, 9.17) is 5.11 Å². The SMILES string of the molecule is CCc1nnsc1C(=O)N(CCN(C)C)CC(=O)O. The second kappa shape index (κ2) is 7.15. The molecule has 1 amide bonds. The first kappa shape index (κ1) is 15.5. The lowest BCUT2D eigenvalue weighted by Gasteiger charge is -2.22. The van der Waals surface area contributed by atoms with Gasteiger partial charge in [0.1, 0.15) is 11.4 Å². The lowest BCUT2D eigenvalue weighted by atomic mass is 10.2. The van der Waals surface area contributed by atoms with E-state index in [-0.39, 0.29) is 12.5 Å². The molecule has 1 aromatic rings. The van der Waals surface area contributed by atoms with Crippen LogP contribution in [0.3, 0.4) is 0 Å². The number of hydrogen-bond donors (Lipinski definition) is 1. The van der Waals surface area contributed by atoms with E-state index < -0.39 is 5.97 Å². The first-order chi connectivity index (χ1) is 8.95. The molecule has 0 spiro atoms. The molecule has 1 N–H and O–H groups in total. The Labute approximate surface area is 116 Å². The Hall–Kier alpha value is -1.54. The van der Waals surface area contributed by atoms with Crippen LogP contribution in [0.2, 0.25) is 0 Å². The number of amides is 1. The second-order valence-corrected chi connectivity index (χ2v) is 5.08. The number of carboxylic acid groups (broad SMARTS) is 1. The number of aromatic nitrogens is 2. The van der Waals surface area contributed by atoms with Gasteiger partial charge in [-0.25, -0.2) is 0 Å². The van der Waals surface area contributed by atoms with Crippen molar-refractivity contribution in [2.45, 2.75) is 13.3 Å². The number of rotatable bonds is 7. The van der Waals surface area contributed by atoms with Gasteiger partial charge in [-0.15, -0.1) is 5.10 Å². The zero-order valence-electron chi connectivity index (χ0n) is 11.3. The van der Waals surface area contributed by atoms with Crippen molar-refractivity contribution >= 4 is 23.4 Å². The van der Waals surface area contributed by atoms with E-state index in [1.165, 1.54) is 4.90 Å². The molecule has 0 atom stereocenters. The van der Waals surface area contributed by atoms with E-state index in [9.17, 15) is 9.59 Å². The maximum atomic E-state index is 12.3. The molecule has 8 heteroatoms.